The first-order chi connectivity index (χ1) is 12.4. The van der Waals surface area contributed by atoms with Gasteiger partial charge in [0.15, 0.2) is 3.95 Å². The number of aromatic nitrogens is 1. The summed E-state index contributed by atoms with van der Waals surface area (Å²) in [4.78, 5) is 21.6. The summed E-state index contributed by atoms with van der Waals surface area (Å²) in [6.07, 6.45) is 3.00. The van der Waals surface area contributed by atoms with Crippen LogP contribution in [0.2, 0.25) is 0 Å². The highest BCUT2D eigenvalue weighted by Crippen LogP contribution is 2.30. The van der Waals surface area contributed by atoms with Gasteiger partial charge in [0.25, 0.3) is 5.69 Å². The number of carbonyl (C=O) groups is 1. The molecule has 0 atom stereocenters. The lowest BCUT2D eigenvalue weighted by molar-refractivity contribution is -0.384. The van der Waals surface area contributed by atoms with Crippen LogP contribution in [0, 0.1) is 14.1 Å². The monoisotopic (exact) mass is 390 g/mol. The standard InChI is InChI=1S/C15H10N4O5S2/c20-12(21)7-18-14(22)11(26-15(18)25)5-9-6-16-17-13(9)8-2-1-3-10(4-8)19(23)24/h1-6,22H,7H2,(H,20,21)/b9-5+. The van der Waals surface area contributed by atoms with Crippen molar-refractivity contribution in [2.75, 3.05) is 0 Å². The smallest absolute Gasteiger partial charge is 0.323 e. The molecule has 9 nitrogen and oxygen atoms in total. The molecule has 11 heteroatoms. The minimum absolute atomic E-state index is 0.0810. The summed E-state index contributed by atoms with van der Waals surface area (Å²) in [6.45, 7) is -0.454. The second-order valence-corrected chi connectivity index (χ2v) is 6.81. The summed E-state index contributed by atoms with van der Waals surface area (Å²) in [5.41, 5.74) is 1.33. The number of benzene rings is 1. The van der Waals surface area contributed by atoms with Crippen molar-refractivity contribution in [3.8, 4) is 5.88 Å². The maximum Gasteiger partial charge on any atom is 0.323 e. The van der Waals surface area contributed by atoms with E-state index in [-0.39, 0.29) is 15.5 Å². The Labute approximate surface area is 155 Å². The fourth-order valence-electron chi connectivity index (χ4n) is 2.29. The van der Waals surface area contributed by atoms with E-state index in [1.54, 1.807) is 12.1 Å². The third kappa shape index (κ3) is 3.43. The van der Waals surface area contributed by atoms with Gasteiger partial charge in [0.05, 0.1) is 16.0 Å². The lowest BCUT2D eigenvalue weighted by Crippen LogP contribution is -2.08. The molecule has 1 aromatic heterocycles. The van der Waals surface area contributed by atoms with Crippen LogP contribution in [-0.2, 0) is 11.3 Å². The number of nitrogens with zero attached hydrogens (tertiary/aromatic N) is 4. The Morgan fingerprint density at radius 1 is 1.46 bits per heavy atom. The highest BCUT2D eigenvalue weighted by atomic mass is 32.1. The molecule has 1 aliphatic heterocycles. The lowest BCUT2D eigenvalue weighted by atomic mass is 10.0. The first-order valence-corrected chi connectivity index (χ1v) is 8.31. The molecule has 132 valence electrons. The molecule has 1 aliphatic rings. The Hall–Kier alpha value is -3.18. The highest BCUT2D eigenvalue weighted by molar-refractivity contribution is 7.73. The summed E-state index contributed by atoms with van der Waals surface area (Å²) < 4.78 is 1.31. The van der Waals surface area contributed by atoms with Crippen molar-refractivity contribution in [2.45, 2.75) is 6.54 Å². The average Bonchev–Trinajstić information content (AvgIpc) is 3.15. The molecule has 0 saturated heterocycles. The van der Waals surface area contributed by atoms with Gasteiger partial charge in [-0.15, -0.1) is 16.4 Å². The number of carboxylic acids is 1. The molecule has 26 heavy (non-hydrogen) atoms. The quantitative estimate of drug-likeness (QED) is 0.459. The van der Waals surface area contributed by atoms with Crippen LogP contribution in [0.3, 0.4) is 0 Å². The van der Waals surface area contributed by atoms with E-state index in [0.717, 1.165) is 15.9 Å². The number of thiazole rings is 1. The van der Waals surface area contributed by atoms with Crippen LogP contribution in [0.1, 0.15) is 10.4 Å². The summed E-state index contributed by atoms with van der Waals surface area (Å²) in [5.74, 6) is -1.40. The molecule has 0 amide bonds. The van der Waals surface area contributed by atoms with Crippen LogP contribution in [0.5, 0.6) is 5.88 Å². The van der Waals surface area contributed by atoms with Crippen LogP contribution in [0.25, 0.3) is 6.08 Å². The predicted octanol–water partition coefficient (Wildman–Crippen LogP) is 2.85. The van der Waals surface area contributed by atoms with Crippen molar-refractivity contribution < 1.29 is 19.9 Å². The molecular formula is C15H10N4O5S2. The van der Waals surface area contributed by atoms with Crippen LogP contribution in [0.15, 0.2) is 40.0 Å². The molecule has 2 aromatic rings. The Morgan fingerprint density at radius 3 is 2.92 bits per heavy atom. The maximum absolute atomic E-state index is 10.9. The third-order valence-corrected chi connectivity index (χ3v) is 4.82. The largest absolute Gasteiger partial charge is 0.493 e. The number of hydrogen-bond acceptors (Lipinski definition) is 8. The van der Waals surface area contributed by atoms with Crippen molar-refractivity contribution in [1.29, 1.82) is 0 Å². The summed E-state index contributed by atoms with van der Waals surface area (Å²) in [5, 5.41) is 37.8. The van der Waals surface area contributed by atoms with E-state index in [0.29, 0.717) is 21.7 Å². The molecule has 2 N–H and O–H groups in total. The van der Waals surface area contributed by atoms with Gasteiger partial charge < -0.3 is 10.2 Å². The SMILES string of the molecule is O=C(O)Cn1c(O)c(/C=C2\C=NN=C2c2cccc([N+](=O)[O-])c2)sc1=S. The molecule has 3 rings (SSSR count). The fourth-order valence-corrected chi connectivity index (χ4v) is 3.55. The molecule has 0 aliphatic carbocycles. The van der Waals surface area contributed by atoms with Crippen molar-refractivity contribution >= 4 is 53.2 Å². The van der Waals surface area contributed by atoms with Crippen LogP contribution in [0.4, 0.5) is 5.69 Å². The summed E-state index contributed by atoms with van der Waals surface area (Å²) in [7, 11) is 0. The van der Waals surface area contributed by atoms with E-state index in [1.807, 2.05) is 0 Å². The molecule has 2 heterocycles. The molecule has 0 saturated carbocycles. The van der Waals surface area contributed by atoms with Crippen molar-refractivity contribution in [1.82, 2.24) is 4.57 Å². The Balaban J connectivity index is 2.00. The lowest BCUT2D eigenvalue weighted by Gasteiger charge is -2.03. The van der Waals surface area contributed by atoms with E-state index < -0.39 is 17.4 Å². The van der Waals surface area contributed by atoms with Crippen molar-refractivity contribution in [2.24, 2.45) is 10.2 Å². The second-order valence-electron chi connectivity index (χ2n) is 5.14. The minimum Gasteiger partial charge on any atom is -0.493 e. The first-order valence-electron chi connectivity index (χ1n) is 7.09. The maximum atomic E-state index is 10.9. The Bertz CT molecular complexity index is 1060. The highest BCUT2D eigenvalue weighted by Gasteiger charge is 2.19. The predicted molar refractivity (Wildman–Crippen MR) is 98.5 cm³/mol. The second kappa shape index (κ2) is 6.98. The first kappa shape index (κ1) is 17.6. The summed E-state index contributed by atoms with van der Waals surface area (Å²) in [6, 6.07) is 5.94. The zero-order valence-electron chi connectivity index (χ0n) is 12.9. The normalized spacial score (nSPS) is 14.6. The van der Waals surface area contributed by atoms with Gasteiger partial charge in [-0.2, -0.15) is 5.10 Å². The van der Waals surface area contributed by atoms with Crippen molar-refractivity contribution in [3.63, 3.8) is 0 Å². The number of nitro benzene ring substituents is 1. The summed E-state index contributed by atoms with van der Waals surface area (Å²) >= 11 is 6.12. The van der Waals surface area contributed by atoms with Gasteiger partial charge in [0.1, 0.15) is 12.3 Å². The molecular weight excluding hydrogens is 380 g/mol. The zero-order valence-corrected chi connectivity index (χ0v) is 14.5. The van der Waals surface area contributed by atoms with Crippen molar-refractivity contribution in [3.05, 3.63) is 54.3 Å². The molecule has 0 spiro atoms. The molecule has 1 aromatic carbocycles. The number of allylic oxidation sites excluding steroid dienone is 1. The number of aromatic hydroxyl groups is 1. The van der Waals surface area contributed by atoms with Gasteiger partial charge in [-0.1, -0.05) is 12.1 Å². The van der Waals surface area contributed by atoms with E-state index in [9.17, 15) is 20.0 Å². The van der Waals surface area contributed by atoms with Gasteiger partial charge in [-0.3, -0.25) is 19.5 Å². The van der Waals surface area contributed by atoms with E-state index in [4.69, 9.17) is 17.3 Å². The zero-order chi connectivity index (χ0) is 18.8. The van der Waals surface area contributed by atoms with Gasteiger partial charge in [-0.25, -0.2) is 0 Å². The fraction of sp³-hybridized carbons (Fsp3) is 0.0667. The van der Waals surface area contributed by atoms with Crippen LogP contribution in [-0.4, -0.2) is 37.6 Å². The third-order valence-electron chi connectivity index (χ3n) is 3.43. The van der Waals surface area contributed by atoms with Crippen LogP contribution < -0.4 is 0 Å². The van der Waals surface area contributed by atoms with Gasteiger partial charge in [0, 0.05) is 23.3 Å². The number of nitro groups is 1. The Morgan fingerprint density at radius 2 is 2.23 bits per heavy atom. The molecule has 0 bridgehead atoms. The number of rotatable bonds is 5. The number of aliphatic carboxylic acids is 1. The Kier molecular flexibility index (Phi) is 4.73. The van der Waals surface area contributed by atoms with E-state index >= 15 is 0 Å². The van der Waals surface area contributed by atoms with Gasteiger partial charge >= 0.3 is 5.97 Å². The van der Waals surface area contributed by atoms with E-state index in [2.05, 4.69) is 10.2 Å². The number of hydrogen-bond donors (Lipinski definition) is 2. The number of carboxylic acid groups (broad SMARTS) is 1. The minimum atomic E-state index is -1.13. The van der Waals surface area contributed by atoms with Gasteiger partial charge in [-0.05, 0) is 18.3 Å². The molecule has 0 fully saturated rings. The van der Waals surface area contributed by atoms with Gasteiger partial charge in [0.2, 0.25) is 5.88 Å². The topological polar surface area (TPSA) is 130 Å². The molecule has 0 unspecified atom stereocenters. The van der Waals surface area contributed by atoms with Crippen LogP contribution >= 0.6 is 23.6 Å². The molecule has 0 radical (unpaired) electrons. The van der Waals surface area contributed by atoms with E-state index in [1.165, 1.54) is 24.4 Å². The number of non-ortho nitro benzene ring substituents is 1. The average molecular weight is 390 g/mol.